The first kappa shape index (κ1) is 12.6. The number of para-hydroxylation sites is 1. The van der Waals surface area contributed by atoms with Crippen LogP contribution in [0.25, 0.3) is 0 Å². The molecule has 0 aliphatic carbocycles. The van der Waals surface area contributed by atoms with Crippen LogP contribution >= 0.6 is 11.6 Å². The minimum atomic E-state index is -4.93. The van der Waals surface area contributed by atoms with E-state index in [-0.39, 0.29) is 5.56 Å². The molecule has 0 spiro atoms. The molecule has 0 fully saturated rings. The average molecular weight is 255 g/mol. The zero-order chi connectivity index (χ0) is 12.3. The largest absolute Gasteiger partial charge is 0.573 e. The predicted molar refractivity (Wildman–Crippen MR) is 49.8 cm³/mol. The second kappa shape index (κ2) is 4.61. The fraction of sp³-hybridized carbons (Fsp3) is 0.222. The van der Waals surface area contributed by atoms with E-state index in [1.165, 1.54) is 0 Å². The van der Waals surface area contributed by atoms with Crippen LogP contribution < -0.4 is 4.74 Å². The number of hydrogen-bond donors (Lipinski definition) is 1. The minimum absolute atomic E-state index is 0.309. The summed E-state index contributed by atoms with van der Waals surface area (Å²) in [5.74, 6) is -2.83. The third kappa shape index (κ3) is 3.03. The normalized spacial score (nSPS) is 11.2. The van der Waals surface area contributed by atoms with Crippen molar-refractivity contribution in [2.24, 2.45) is 0 Å². The Morgan fingerprint density at radius 1 is 1.44 bits per heavy atom. The SMILES string of the molecule is O=C(CCl)c1cccc(OC(F)(F)F)c1O. The van der Waals surface area contributed by atoms with Gasteiger partial charge in [0.2, 0.25) is 0 Å². The van der Waals surface area contributed by atoms with E-state index in [0.29, 0.717) is 0 Å². The molecular weight excluding hydrogens is 249 g/mol. The Labute approximate surface area is 93.4 Å². The zero-order valence-electron chi connectivity index (χ0n) is 7.71. The monoisotopic (exact) mass is 254 g/mol. The van der Waals surface area contributed by atoms with E-state index in [0.717, 1.165) is 18.2 Å². The second-order valence-electron chi connectivity index (χ2n) is 2.76. The zero-order valence-corrected chi connectivity index (χ0v) is 8.47. The van der Waals surface area contributed by atoms with Crippen molar-refractivity contribution in [3.05, 3.63) is 23.8 Å². The van der Waals surface area contributed by atoms with Crippen molar-refractivity contribution >= 4 is 17.4 Å². The Morgan fingerprint density at radius 3 is 2.56 bits per heavy atom. The molecule has 16 heavy (non-hydrogen) atoms. The molecule has 0 radical (unpaired) electrons. The number of phenols is 1. The Bertz CT molecular complexity index is 403. The van der Waals surface area contributed by atoms with Crippen molar-refractivity contribution in [3.63, 3.8) is 0 Å². The van der Waals surface area contributed by atoms with Crippen LogP contribution in [0, 0.1) is 0 Å². The Morgan fingerprint density at radius 2 is 2.06 bits per heavy atom. The summed E-state index contributed by atoms with van der Waals surface area (Å²) in [6.45, 7) is 0. The molecule has 0 unspecified atom stereocenters. The van der Waals surface area contributed by atoms with Gasteiger partial charge in [-0.05, 0) is 12.1 Å². The Hall–Kier alpha value is -1.43. The summed E-state index contributed by atoms with van der Waals surface area (Å²) in [5.41, 5.74) is -0.309. The van der Waals surface area contributed by atoms with E-state index in [9.17, 15) is 23.1 Å². The number of carbonyl (C=O) groups is 1. The molecule has 0 atom stereocenters. The fourth-order valence-corrected chi connectivity index (χ4v) is 1.17. The van der Waals surface area contributed by atoms with Crippen LogP contribution in [-0.2, 0) is 0 Å². The lowest BCUT2D eigenvalue weighted by Gasteiger charge is -2.11. The summed E-state index contributed by atoms with van der Waals surface area (Å²) < 4.78 is 39.2. The smallest absolute Gasteiger partial charge is 0.504 e. The van der Waals surface area contributed by atoms with E-state index >= 15 is 0 Å². The summed E-state index contributed by atoms with van der Waals surface area (Å²) in [5, 5.41) is 9.35. The summed E-state index contributed by atoms with van der Waals surface area (Å²) in [4.78, 5) is 11.1. The topological polar surface area (TPSA) is 46.5 Å². The molecule has 0 aliphatic rings. The number of benzene rings is 1. The maximum absolute atomic E-state index is 11.9. The summed E-state index contributed by atoms with van der Waals surface area (Å²) in [6.07, 6.45) is -4.93. The van der Waals surface area contributed by atoms with Gasteiger partial charge in [0.15, 0.2) is 17.3 Å². The lowest BCUT2D eigenvalue weighted by molar-refractivity contribution is -0.275. The van der Waals surface area contributed by atoms with E-state index < -0.39 is 29.5 Å². The molecule has 0 bridgehead atoms. The van der Waals surface area contributed by atoms with Crippen LogP contribution in [-0.4, -0.2) is 23.1 Å². The highest BCUT2D eigenvalue weighted by Crippen LogP contribution is 2.34. The first-order valence-electron chi connectivity index (χ1n) is 4.02. The average Bonchev–Trinajstić information content (AvgIpc) is 2.18. The molecule has 1 aromatic rings. The van der Waals surface area contributed by atoms with Gasteiger partial charge in [0, 0.05) is 0 Å². The van der Waals surface area contributed by atoms with Crippen molar-refractivity contribution in [1.29, 1.82) is 0 Å². The van der Waals surface area contributed by atoms with Crippen LogP contribution in [0.2, 0.25) is 0 Å². The van der Waals surface area contributed by atoms with Crippen LogP contribution in [0.4, 0.5) is 13.2 Å². The first-order valence-corrected chi connectivity index (χ1v) is 4.55. The third-order valence-corrected chi connectivity index (χ3v) is 1.89. The molecule has 3 nitrogen and oxygen atoms in total. The third-order valence-electron chi connectivity index (χ3n) is 1.65. The van der Waals surface area contributed by atoms with Gasteiger partial charge in [-0.15, -0.1) is 24.8 Å². The number of phenolic OH excluding ortho intramolecular Hbond substituents is 1. The van der Waals surface area contributed by atoms with E-state index in [1.807, 2.05) is 0 Å². The standard InChI is InChI=1S/C9H6ClF3O3/c10-4-6(14)5-2-1-3-7(8(5)15)16-9(11,12)13/h1-3,15H,4H2. The summed E-state index contributed by atoms with van der Waals surface area (Å²) in [7, 11) is 0. The molecule has 0 amide bonds. The summed E-state index contributed by atoms with van der Waals surface area (Å²) >= 11 is 5.22. The van der Waals surface area contributed by atoms with Crippen molar-refractivity contribution in [1.82, 2.24) is 0 Å². The molecule has 0 saturated carbocycles. The minimum Gasteiger partial charge on any atom is -0.504 e. The molecule has 0 aromatic heterocycles. The van der Waals surface area contributed by atoms with Crippen molar-refractivity contribution in [2.75, 3.05) is 5.88 Å². The number of Topliss-reactive ketones (excluding diaryl/α,β-unsaturated/α-hetero) is 1. The molecule has 0 saturated heterocycles. The second-order valence-corrected chi connectivity index (χ2v) is 3.02. The van der Waals surface area contributed by atoms with E-state index in [2.05, 4.69) is 4.74 Å². The predicted octanol–water partition coefficient (Wildman–Crippen LogP) is 2.71. The maximum Gasteiger partial charge on any atom is 0.573 e. The number of hydrogen-bond acceptors (Lipinski definition) is 3. The number of aromatic hydroxyl groups is 1. The number of rotatable bonds is 3. The van der Waals surface area contributed by atoms with E-state index in [4.69, 9.17) is 11.6 Å². The van der Waals surface area contributed by atoms with Gasteiger partial charge in [-0.3, -0.25) is 4.79 Å². The molecule has 1 N–H and O–H groups in total. The Kier molecular flexibility index (Phi) is 3.64. The number of alkyl halides is 4. The number of ether oxygens (including phenoxy) is 1. The molecular formula is C9H6ClF3O3. The molecule has 0 heterocycles. The number of halogens is 4. The van der Waals surface area contributed by atoms with Gasteiger partial charge in [-0.25, -0.2) is 0 Å². The van der Waals surface area contributed by atoms with Gasteiger partial charge in [-0.2, -0.15) is 0 Å². The van der Waals surface area contributed by atoms with Gasteiger partial charge < -0.3 is 9.84 Å². The molecule has 1 rings (SSSR count). The highest BCUT2D eigenvalue weighted by Gasteiger charge is 2.33. The first-order chi connectivity index (χ1) is 7.35. The van der Waals surface area contributed by atoms with Gasteiger partial charge in [0.05, 0.1) is 11.4 Å². The maximum atomic E-state index is 11.9. The highest BCUT2D eigenvalue weighted by atomic mass is 35.5. The lowest BCUT2D eigenvalue weighted by atomic mass is 10.1. The van der Waals surface area contributed by atoms with Gasteiger partial charge in [0.25, 0.3) is 0 Å². The molecule has 88 valence electrons. The van der Waals surface area contributed by atoms with Crippen molar-refractivity contribution in [3.8, 4) is 11.5 Å². The molecule has 7 heteroatoms. The van der Waals surface area contributed by atoms with Crippen LogP contribution in [0.1, 0.15) is 10.4 Å². The van der Waals surface area contributed by atoms with E-state index in [1.54, 1.807) is 0 Å². The van der Waals surface area contributed by atoms with Crippen LogP contribution in [0.5, 0.6) is 11.5 Å². The summed E-state index contributed by atoms with van der Waals surface area (Å²) in [6, 6.07) is 3.21. The van der Waals surface area contributed by atoms with Gasteiger partial charge >= 0.3 is 6.36 Å². The van der Waals surface area contributed by atoms with Crippen LogP contribution in [0.3, 0.4) is 0 Å². The van der Waals surface area contributed by atoms with Crippen LogP contribution in [0.15, 0.2) is 18.2 Å². The van der Waals surface area contributed by atoms with Gasteiger partial charge in [-0.1, -0.05) is 6.07 Å². The van der Waals surface area contributed by atoms with Crippen molar-refractivity contribution < 1.29 is 27.8 Å². The highest BCUT2D eigenvalue weighted by molar-refractivity contribution is 6.30. The number of carbonyl (C=O) groups excluding carboxylic acids is 1. The fourth-order valence-electron chi connectivity index (χ4n) is 1.03. The van der Waals surface area contributed by atoms with Crippen molar-refractivity contribution in [2.45, 2.75) is 6.36 Å². The van der Waals surface area contributed by atoms with Gasteiger partial charge in [0.1, 0.15) is 0 Å². The lowest BCUT2D eigenvalue weighted by Crippen LogP contribution is -2.17. The number of ketones is 1. The quantitative estimate of drug-likeness (QED) is 0.666. The Balaban J connectivity index is 3.09. The molecule has 0 aliphatic heterocycles. The molecule has 1 aromatic carbocycles.